The monoisotopic (exact) mass is 345 g/mol. The van der Waals surface area contributed by atoms with Gasteiger partial charge in [0.15, 0.2) is 6.10 Å². The topological polar surface area (TPSA) is 42.1 Å². The Hall–Kier alpha value is -3.11. The maximum Gasteiger partial charge on any atom is 0.263 e. The lowest BCUT2D eigenvalue weighted by Crippen LogP contribution is -2.30. The molecule has 4 heteroatoms. The molecule has 1 amide bonds. The normalized spacial score (nSPS) is 18.2. The van der Waals surface area contributed by atoms with Gasteiger partial charge in [0, 0.05) is 16.9 Å². The summed E-state index contributed by atoms with van der Waals surface area (Å²) in [5, 5.41) is 0. The molecule has 1 heterocycles. The largest absolute Gasteiger partial charge is 0.496 e. The van der Waals surface area contributed by atoms with Gasteiger partial charge in [-0.3, -0.25) is 9.69 Å². The predicted octanol–water partition coefficient (Wildman–Crippen LogP) is 4.50. The van der Waals surface area contributed by atoms with Crippen molar-refractivity contribution < 1.29 is 14.3 Å². The van der Waals surface area contributed by atoms with E-state index in [4.69, 9.17) is 9.47 Å². The summed E-state index contributed by atoms with van der Waals surface area (Å²) in [5.41, 5.74) is 2.53. The van der Waals surface area contributed by atoms with Gasteiger partial charge in [-0.25, -0.2) is 0 Å². The number of carbonyl (C=O) groups excluding carboxylic acids is 1. The molecule has 0 aromatic heterocycles. The Morgan fingerprint density at radius 2 is 1.38 bits per heavy atom. The van der Waals surface area contributed by atoms with Gasteiger partial charge in [0.25, 0.3) is 5.91 Å². The average molecular weight is 345 g/mol. The van der Waals surface area contributed by atoms with Crippen LogP contribution in [-0.2, 0) is 9.53 Å². The molecule has 0 radical (unpaired) electrons. The van der Waals surface area contributed by atoms with Gasteiger partial charge in [0.1, 0.15) is 11.9 Å². The van der Waals surface area contributed by atoms with E-state index in [0.717, 1.165) is 22.7 Å². The van der Waals surface area contributed by atoms with Gasteiger partial charge in [0.05, 0.1) is 7.11 Å². The molecule has 1 aliphatic rings. The van der Waals surface area contributed by atoms with Crippen LogP contribution in [0.25, 0.3) is 0 Å². The minimum absolute atomic E-state index is 0.0849. The molecule has 26 heavy (non-hydrogen) atoms. The first-order valence-electron chi connectivity index (χ1n) is 8.52. The molecule has 4 nitrogen and oxygen atoms in total. The lowest BCUT2D eigenvalue weighted by Gasteiger charge is -2.22. The highest BCUT2D eigenvalue weighted by Gasteiger charge is 2.49. The number of methoxy groups -OCH3 is 1. The van der Waals surface area contributed by atoms with E-state index in [1.54, 1.807) is 12.0 Å². The second-order valence-electron chi connectivity index (χ2n) is 6.06. The van der Waals surface area contributed by atoms with E-state index in [-0.39, 0.29) is 12.0 Å². The third-order valence-electron chi connectivity index (χ3n) is 4.43. The van der Waals surface area contributed by atoms with E-state index < -0.39 is 6.10 Å². The van der Waals surface area contributed by atoms with E-state index in [9.17, 15) is 4.79 Å². The molecule has 4 rings (SSSR count). The Morgan fingerprint density at radius 3 is 1.96 bits per heavy atom. The van der Waals surface area contributed by atoms with Crippen LogP contribution in [0.4, 0.5) is 11.4 Å². The van der Waals surface area contributed by atoms with Gasteiger partial charge in [0.2, 0.25) is 0 Å². The first-order chi connectivity index (χ1) is 12.8. The second kappa shape index (κ2) is 7.02. The number of amides is 1. The quantitative estimate of drug-likeness (QED) is 0.639. The van der Waals surface area contributed by atoms with Gasteiger partial charge in [-0.15, -0.1) is 0 Å². The molecule has 0 spiro atoms. The summed E-state index contributed by atoms with van der Waals surface area (Å²) in [6.45, 7) is 0. The van der Waals surface area contributed by atoms with Gasteiger partial charge < -0.3 is 9.47 Å². The van der Waals surface area contributed by atoms with E-state index in [2.05, 4.69) is 0 Å². The molecule has 0 bridgehead atoms. The van der Waals surface area contributed by atoms with E-state index >= 15 is 0 Å². The first-order valence-corrected chi connectivity index (χ1v) is 8.52. The van der Waals surface area contributed by atoms with Crippen LogP contribution in [0.15, 0.2) is 84.9 Å². The SMILES string of the molecule is COc1ccccc1[C@@H]1O[C@H]1C(=O)N(c1ccccc1)c1ccccc1. The third-order valence-corrected chi connectivity index (χ3v) is 4.43. The summed E-state index contributed by atoms with van der Waals surface area (Å²) >= 11 is 0. The molecule has 2 atom stereocenters. The van der Waals surface area contributed by atoms with Crippen molar-refractivity contribution in [1.29, 1.82) is 0 Å². The zero-order valence-corrected chi connectivity index (χ0v) is 14.4. The molecule has 1 fully saturated rings. The van der Waals surface area contributed by atoms with E-state index in [1.807, 2.05) is 84.9 Å². The van der Waals surface area contributed by atoms with Crippen molar-refractivity contribution in [2.45, 2.75) is 12.2 Å². The van der Waals surface area contributed by atoms with Crippen LogP contribution in [0.1, 0.15) is 11.7 Å². The fourth-order valence-electron chi connectivity index (χ4n) is 3.12. The summed E-state index contributed by atoms with van der Waals surface area (Å²) < 4.78 is 11.2. The molecule has 1 saturated heterocycles. The summed E-state index contributed by atoms with van der Waals surface area (Å²) in [6, 6.07) is 26.9. The van der Waals surface area contributed by atoms with Crippen LogP contribution in [-0.4, -0.2) is 19.1 Å². The number of nitrogens with zero attached hydrogens (tertiary/aromatic N) is 1. The highest BCUT2D eigenvalue weighted by atomic mass is 16.6. The van der Waals surface area contributed by atoms with Crippen molar-refractivity contribution in [3.63, 3.8) is 0 Å². The number of hydrogen-bond acceptors (Lipinski definition) is 3. The molecule has 130 valence electrons. The van der Waals surface area contributed by atoms with Crippen LogP contribution < -0.4 is 9.64 Å². The first kappa shape index (κ1) is 16.4. The number of ether oxygens (including phenoxy) is 2. The van der Waals surface area contributed by atoms with Crippen molar-refractivity contribution >= 4 is 17.3 Å². The highest BCUT2D eigenvalue weighted by Crippen LogP contribution is 2.45. The number of rotatable bonds is 5. The third kappa shape index (κ3) is 3.07. The molecule has 0 saturated carbocycles. The van der Waals surface area contributed by atoms with Crippen LogP contribution in [0.5, 0.6) is 5.75 Å². The molecule has 3 aromatic rings. The Morgan fingerprint density at radius 1 is 0.846 bits per heavy atom. The Bertz CT molecular complexity index is 856. The standard InChI is InChI=1S/C22H19NO3/c1-25-19-15-9-8-14-18(19)20-21(26-20)22(24)23(16-10-4-2-5-11-16)17-12-6-3-7-13-17/h2-15,20-21H,1H3/t20-,21+/m0/s1. The van der Waals surface area contributed by atoms with Crippen LogP contribution >= 0.6 is 0 Å². The zero-order chi connectivity index (χ0) is 17.9. The van der Waals surface area contributed by atoms with Crippen molar-refractivity contribution in [2.75, 3.05) is 12.0 Å². The summed E-state index contributed by atoms with van der Waals surface area (Å²) in [6.07, 6.45) is -0.805. The van der Waals surface area contributed by atoms with Crippen molar-refractivity contribution in [3.8, 4) is 5.75 Å². The Labute approximate surface area is 152 Å². The second-order valence-corrected chi connectivity index (χ2v) is 6.06. The number of hydrogen-bond donors (Lipinski definition) is 0. The van der Waals surface area contributed by atoms with E-state index in [0.29, 0.717) is 0 Å². The molecular formula is C22H19NO3. The van der Waals surface area contributed by atoms with Crippen molar-refractivity contribution in [3.05, 3.63) is 90.5 Å². The molecular weight excluding hydrogens is 326 g/mol. The zero-order valence-electron chi connectivity index (χ0n) is 14.4. The lowest BCUT2D eigenvalue weighted by molar-refractivity contribution is -0.119. The number of benzene rings is 3. The fraction of sp³-hybridized carbons (Fsp3) is 0.136. The summed E-state index contributed by atoms with van der Waals surface area (Å²) in [7, 11) is 1.62. The fourth-order valence-corrected chi connectivity index (χ4v) is 3.12. The minimum Gasteiger partial charge on any atom is -0.496 e. The summed E-state index contributed by atoms with van der Waals surface area (Å²) in [4.78, 5) is 15.0. The molecule has 3 aromatic carbocycles. The lowest BCUT2D eigenvalue weighted by atomic mass is 10.1. The van der Waals surface area contributed by atoms with Gasteiger partial charge in [-0.2, -0.15) is 0 Å². The molecule has 0 N–H and O–H groups in total. The predicted molar refractivity (Wildman–Crippen MR) is 101 cm³/mol. The number of para-hydroxylation sites is 3. The molecule has 0 unspecified atom stereocenters. The average Bonchev–Trinajstić information content (AvgIpc) is 3.50. The smallest absolute Gasteiger partial charge is 0.263 e. The van der Waals surface area contributed by atoms with Crippen LogP contribution in [0, 0.1) is 0 Å². The number of carbonyl (C=O) groups is 1. The minimum atomic E-state index is -0.522. The van der Waals surface area contributed by atoms with Crippen LogP contribution in [0.3, 0.4) is 0 Å². The Balaban J connectivity index is 1.65. The highest BCUT2D eigenvalue weighted by molar-refractivity contribution is 6.04. The van der Waals surface area contributed by atoms with Crippen molar-refractivity contribution in [2.24, 2.45) is 0 Å². The maximum atomic E-state index is 13.2. The van der Waals surface area contributed by atoms with Gasteiger partial charge in [-0.05, 0) is 30.3 Å². The van der Waals surface area contributed by atoms with Gasteiger partial charge in [-0.1, -0.05) is 54.6 Å². The van der Waals surface area contributed by atoms with Crippen molar-refractivity contribution in [1.82, 2.24) is 0 Å². The van der Waals surface area contributed by atoms with Gasteiger partial charge >= 0.3 is 0 Å². The van der Waals surface area contributed by atoms with E-state index in [1.165, 1.54) is 0 Å². The Kier molecular flexibility index (Phi) is 4.42. The number of epoxide rings is 1. The molecule has 1 aliphatic heterocycles. The molecule has 0 aliphatic carbocycles. The van der Waals surface area contributed by atoms with Crippen LogP contribution in [0.2, 0.25) is 0 Å². The number of anilines is 2. The maximum absolute atomic E-state index is 13.2. The summed E-state index contributed by atoms with van der Waals surface area (Å²) in [5.74, 6) is 0.650.